The normalized spacial score (nSPS) is 14.4. The molecule has 0 saturated heterocycles. The van der Waals surface area contributed by atoms with Gasteiger partial charge in [0.05, 0.1) is 11.4 Å². The highest BCUT2D eigenvalue weighted by Gasteiger charge is 2.23. The predicted molar refractivity (Wildman–Crippen MR) is 69.9 cm³/mol. The fourth-order valence-corrected chi connectivity index (χ4v) is 1.75. The van der Waals surface area contributed by atoms with Crippen LogP contribution in [-0.4, -0.2) is 25.5 Å². The molecule has 0 heterocycles. The minimum atomic E-state index is 0.133. The number of anilines is 2. The van der Waals surface area contributed by atoms with Crippen molar-refractivity contribution < 1.29 is 4.79 Å². The van der Waals surface area contributed by atoms with Crippen molar-refractivity contribution in [3.05, 3.63) is 24.3 Å². The van der Waals surface area contributed by atoms with E-state index in [0.717, 1.165) is 24.2 Å². The Hall–Kier alpha value is -1.71. The first-order valence-electron chi connectivity index (χ1n) is 6.02. The van der Waals surface area contributed by atoms with Crippen molar-refractivity contribution in [3.63, 3.8) is 0 Å². The SMILES string of the molecule is CN(CCC(=O)NC1CC1)c1ccccc1N. The number of hydrogen-bond donors (Lipinski definition) is 2. The molecule has 0 unspecified atom stereocenters. The number of benzene rings is 1. The second-order valence-corrected chi connectivity index (χ2v) is 4.57. The fourth-order valence-electron chi connectivity index (χ4n) is 1.75. The Morgan fingerprint density at radius 2 is 2.18 bits per heavy atom. The molecule has 1 aromatic carbocycles. The van der Waals surface area contributed by atoms with Crippen LogP contribution in [0, 0.1) is 0 Å². The molecule has 3 N–H and O–H groups in total. The summed E-state index contributed by atoms with van der Waals surface area (Å²) in [5.74, 6) is 0.133. The number of carbonyl (C=O) groups excluding carboxylic acids is 1. The van der Waals surface area contributed by atoms with Crippen LogP contribution in [0.25, 0.3) is 0 Å². The second-order valence-electron chi connectivity index (χ2n) is 4.57. The number of nitrogen functional groups attached to an aromatic ring is 1. The molecule has 1 amide bonds. The molecular weight excluding hydrogens is 214 g/mol. The van der Waals surface area contributed by atoms with Crippen LogP contribution < -0.4 is 16.0 Å². The fraction of sp³-hybridized carbons (Fsp3) is 0.462. The standard InChI is InChI=1S/C13H19N3O/c1-16(12-5-3-2-4-11(12)14)9-8-13(17)15-10-6-7-10/h2-5,10H,6-9,14H2,1H3,(H,15,17). The molecule has 2 rings (SSSR count). The van der Waals surface area contributed by atoms with Gasteiger partial charge in [0.2, 0.25) is 5.91 Å². The van der Waals surface area contributed by atoms with Gasteiger partial charge in [-0.05, 0) is 25.0 Å². The second kappa shape index (κ2) is 5.08. The first kappa shape index (κ1) is 11.8. The van der Waals surface area contributed by atoms with Crippen molar-refractivity contribution in [1.82, 2.24) is 5.32 Å². The molecule has 1 aromatic rings. The molecule has 1 fully saturated rings. The Kier molecular flexibility index (Phi) is 3.52. The van der Waals surface area contributed by atoms with Crippen molar-refractivity contribution in [3.8, 4) is 0 Å². The van der Waals surface area contributed by atoms with Crippen LogP contribution in [0.15, 0.2) is 24.3 Å². The zero-order valence-electron chi connectivity index (χ0n) is 10.1. The van der Waals surface area contributed by atoms with Gasteiger partial charge in [0.1, 0.15) is 0 Å². The quantitative estimate of drug-likeness (QED) is 0.755. The van der Waals surface area contributed by atoms with Crippen LogP contribution in [0.2, 0.25) is 0 Å². The molecule has 1 aliphatic rings. The number of hydrogen-bond acceptors (Lipinski definition) is 3. The summed E-state index contributed by atoms with van der Waals surface area (Å²) < 4.78 is 0. The summed E-state index contributed by atoms with van der Waals surface area (Å²) in [6, 6.07) is 8.14. The molecule has 1 aliphatic carbocycles. The molecule has 0 atom stereocenters. The van der Waals surface area contributed by atoms with E-state index in [1.54, 1.807) is 0 Å². The Bertz CT molecular complexity index is 401. The lowest BCUT2D eigenvalue weighted by molar-refractivity contribution is -0.121. The molecule has 4 nitrogen and oxygen atoms in total. The van der Waals surface area contributed by atoms with Crippen LogP contribution in [0.4, 0.5) is 11.4 Å². The van der Waals surface area contributed by atoms with Gasteiger partial charge in [0.25, 0.3) is 0 Å². The van der Waals surface area contributed by atoms with Gasteiger partial charge in [0, 0.05) is 26.1 Å². The lowest BCUT2D eigenvalue weighted by atomic mass is 10.2. The number of nitrogens with two attached hydrogens (primary N) is 1. The van der Waals surface area contributed by atoms with E-state index in [4.69, 9.17) is 5.73 Å². The Morgan fingerprint density at radius 3 is 2.82 bits per heavy atom. The monoisotopic (exact) mass is 233 g/mol. The number of carbonyl (C=O) groups is 1. The van der Waals surface area contributed by atoms with Crippen molar-refractivity contribution in [1.29, 1.82) is 0 Å². The summed E-state index contributed by atoms with van der Waals surface area (Å²) in [4.78, 5) is 13.6. The van der Waals surface area contributed by atoms with Crippen LogP contribution in [-0.2, 0) is 4.79 Å². The van der Waals surface area contributed by atoms with E-state index in [-0.39, 0.29) is 5.91 Å². The van der Waals surface area contributed by atoms with Gasteiger partial charge in [-0.15, -0.1) is 0 Å². The van der Waals surface area contributed by atoms with Gasteiger partial charge >= 0.3 is 0 Å². The smallest absolute Gasteiger partial charge is 0.221 e. The lowest BCUT2D eigenvalue weighted by Crippen LogP contribution is -2.30. The molecule has 4 heteroatoms. The topological polar surface area (TPSA) is 58.4 Å². The number of nitrogens with zero attached hydrogens (tertiary/aromatic N) is 1. The van der Waals surface area contributed by atoms with Crippen molar-refractivity contribution in [2.75, 3.05) is 24.2 Å². The first-order valence-corrected chi connectivity index (χ1v) is 6.02. The third-order valence-corrected chi connectivity index (χ3v) is 2.96. The zero-order valence-corrected chi connectivity index (χ0v) is 10.1. The molecule has 1 saturated carbocycles. The molecule has 92 valence electrons. The van der Waals surface area contributed by atoms with Crippen molar-refractivity contribution in [2.45, 2.75) is 25.3 Å². The lowest BCUT2D eigenvalue weighted by Gasteiger charge is -2.20. The summed E-state index contributed by atoms with van der Waals surface area (Å²) in [5.41, 5.74) is 7.60. The summed E-state index contributed by atoms with van der Waals surface area (Å²) in [7, 11) is 1.95. The Morgan fingerprint density at radius 1 is 1.47 bits per heavy atom. The zero-order chi connectivity index (χ0) is 12.3. The highest BCUT2D eigenvalue weighted by molar-refractivity contribution is 5.77. The number of amides is 1. The molecule has 0 aliphatic heterocycles. The summed E-state index contributed by atoms with van der Waals surface area (Å²) >= 11 is 0. The maximum absolute atomic E-state index is 11.5. The van der Waals surface area contributed by atoms with Gasteiger partial charge < -0.3 is 16.0 Å². The highest BCUT2D eigenvalue weighted by atomic mass is 16.1. The average molecular weight is 233 g/mol. The average Bonchev–Trinajstić information content (AvgIpc) is 3.10. The number of nitrogens with one attached hydrogen (secondary N) is 1. The third kappa shape index (κ3) is 3.37. The minimum absolute atomic E-state index is 0.133. The number of rotatable bonds is 5. The summed E-state index contributed by atoms with van der Waals surface area (Å²) in [6.07, 6.45) is 2.78. The van der Waals surface area contributed by atoms with E-state index in [9.17, 15) is 4.79 Å². The van der Waals surface area contributed by atoms with Gasteiger partial charge in [-0.25, -0.2) is 0 Å². The maximum atomic E-state index is 11.5. The molecule has 0 aromatic heterocycles. The number of para-hydroxylation sites is 2. The molecule has 17 heavy (non-hydrogen) atoms. The van der Waals surface area contributed by atoms with Gasteiger partial charge in [-0.1, -0.05) is 12.1 Å². The highest BCUT2D eigenvalue weighted by Crippen LogP contribution is 2.21. The van der Waals surface area contributed by atoms with E-state index < -0.39 is 0 Å². The summed E-state index contributed by atoms with van der Waals surface area (Å²) in [6.45, 7) is 0.687. The van der Waals surface area contributed by atoms with E-state index in [1.165, 1.54) is 0 Å². The third-order valence-electron chi connectivity index (χ3n) is 2.96. The van der Waals surface area contributed by atoms with E-state index in [2.05, 4.69) is 5.32 Å². The van der Waals surface area contributed by atoms with E-state index in [0.29, 0.717) is 19.0 Å². The molecular formula is C13H19N3O. The largest absolute Gasteiger partial charge is 0.397 e. The van der Waals surface area contributed by atoms with E-state index >= 15 is 0 Å². The van der Waals surface area contributed by atoms with Gasteiger partial charge in [0.15, 0.2) is 0 Å². The van der Waals surface area contributed by atoms with Crippen LogP contribution in [0.5, 0.6) is 0 Å². The predicted octanol–water partition coefficient (Wildman–Crippen LogP) is 1.37. The van der Waals surface area contributed by atoms with E-state index in [1.807, 2.05) is 36.2 Å². The summed E-state index contributed by atoms with van der Waals surface area (Å²) in [5, 5.41) is 2.98. The van der Waals surface area contributed by atoms with Crippen molar-refractivity contribution in [2.24, 2.45) is 0 Å². The molecule has 0 radical (unpaired) electrons. The maximum Gasteiger partial charge on any atom is 0.221 e. The minimum Gasteiger partial charge on any atom is -0.397 e. The van der Waals surface area contributed by atoms with Crippen LogP contribution >= 0.6 is 0 Å². The van der Waals surface area contributed by atoms with Crippen LogP contribution in [0.1, 0.15) is 19.3 Å². The molecule has 0 bridgehead atoms. The van der Waals surface area contributed by atoms with Crippen molar-refractivity contribution >= 4 is 17.3 Å². The van der Waals surface area contributed by atoms with Gasteiger partial charge in [-0.3, -0.25) is 4.79 Å². The Balaban J connectivity index is 1.82. The first-order chi connectivity index (χ1) is 8.16. The van der Waals surface area contributed by atoms with Crippen LogP contribution in [0.3, 0.4) is 0 Å². The van der Waals surface area contributed by atoms with Gasteiger partial charge in [-0.2, -0.15) is 0 Å². The Labute approximate surface area is 102 Å². The molecule has 0 spiro atoms.